The molecule has 7 heteroatoms. The van der Waals surface area contributed by atoms with Crippen LogP contribution in [0, 0.1) is 13.8 Å². The number of benzene rings is 1. The number of nitrogens with zero attached hydrogens (tertiary/aromatic N) is 1. The number of rotatable bonds is 3. The van der Waals surface area contributed by atoms with Crippen LogP contribution in [0.5, 0.6) is 0 Å². The molecular formula is C17H20N2O4S. The van der Waals surface area contributed by atoms with E-state index in [1.54, 1.807) is 4.90 Å². The Morgan fingerprint density at radius 2 is 2.04 bits per heavy atom. The standard InChI is InChI=1S/C17H20N2O4S/c1-11-5-3-6-13(9-11)14-7-4-8-19(14)17(20)15-10-16(12(2)23-15)24(18,21)22/h3,5-6,9-10,14H,4,7-8H2,1-2H3,(H2,18,21,22)/t14-/m1/s1. The Bertz CT molecular complexity index is 886. The van der Waals surface area contributed by atoms with E-state index in [2.05, 4.69) is 6.07 Å². The summed E-state index contributed by atoms with van der Waals surface area (Å²) in [6, 6.07) is 9.26. The maximum Gasteiger partial charge on any atom is 0.290 e. The van der Waals surface area contributed by atoms with Crippen molar-refractivity contribution in [1.82, 2.24) is 4.90 Å². The Hall–Kier alpha value is -2.12. The molecule has 1 amide bonds. The lowest BCUT2D eigenvalue weighted by molar-refractivity contribution is 0.0702. The van der Waals surface area contributed by atoms with Crippen LogP contribution in [0.1, 0.15) is 46.3 Å². The fraction of sp³-hybridized carbons (Fsp3) is 0.353. The summed E-state index contributed by atoms with van der Waals surface area (Å²) in [5, 5.41) is 5.15. The van der Waals surface area contributed by atoms with Gasteiger partial charge in [0.25, 0.3) is 5.91 Å². The van der Waals surface area contributed by atoms with Crippen LogP contribution >= 0.6 is 0 Å². The Morgan fingerprint density at radius 3 is 2.67 bits per heavy atom. The first-order valence-electron chi connectivity index (χ1n) is 7.78. The quantitative estimate of drug-likeness (QED) is 0.922. The smallest absolute Gasteiger partial charge is 0.290 e. The number of carbonyl (C=O) groups excluding carboxylic acids is 1. The largest absolute Gasteiger partial charge is 0.455 e. The van der Waals surface area contributed by atoms with Crippen molar-refractivity contribution in [1.29, 1.82) is 0 Å². The van der Waals surface area contributed by atoms with Crippen molar-refractivity contribution in [2.45, 2.75) is 37.6 Å². The van der Waals surface area contributed by atoms with Gasteiger partial charge in [-0.2, -0.15) is 0 Å². The molecular weight excluding hydrogens is 328 g/mol. The molecule has 0 radical (unpaired) electrons. The van der Waals surface area contributed by atoms with Crippen molar-refractivity contribution in [2.24, 2.45) is 5.14 Å². The fourth-order valence-electron chi connectivity index (χ4n) is 3.23. The fourth-order valence-corrected chi connectivity index (χ4v) is 3.94. The Kier molecular flexibility index (Phi) is 4.23. The van der Waals surface area contributed by atoms with Gasteiger partial charge in [-0.25, -0.2) is 13.6 Å². The maximum atomic E-state index is 12.8. The van der Waals surface area contributed by atoms with E-state index < -0.39 is 10.0 Å². The third-order valence-corrected chi connectivity index (χ3v) is 5.35. The van der Waals surface area contributed by atoms with Crippen molar-refractivity contribution in [2.75, 3.05) is 6.54 Å². The number of carbonyl (C=O) groups is 1. The van der Waals surface area contributed by atoms with Crippen LogP contribution in [0.25, 0.3) is 0 Å². The topological polar surface area (TPSA) is 93.6 Å². The normalized spacial score (nSPS) is 18.1. The van der Waals surface area contributed by atoms with Gasteiger partial charge >= 0.3 is 0 Å². The minimum atomic E-state index is -3.91. The maximum absolute atomic E-state index is 12.8. The van der Waals surface area contributed by atoms with Crippen LogP contribution < -0.4 is 5.14 Å². The van der Waals surface area contributed by atoms with Gasteiger partial charge in [-0.05, 0) is 32.3 Å². The molecule has 2 heterocycles. The number of primary sulfonamides is 1. The summed E-state index contributed by atoms with van der Waals surface area (Å²) in [7, 11) is -3.91. The first-order valence-corrected chi connectivity index (χ1v) is 9.33. The molecule has 1 aliphatic heterocycles. The highest BCUT2D eigenvalue weighted by molar-refractivity contribution is 7.89. The molecule has 1 fully saturated rings. The summed E-state index contributed by atoms with van der Waals surface area (Å²) in [4.78, 5) is 14.4. The highest BCUT2D eigenvalue weighted by Gasteiger charge is 2.33. The summed E-state index contributed by atoms with van der Waals surface area (Å²) in [6.45, 7) is 4.11. The average molecular weight is 348 g/mol. The van der Waals surface area contributed by atoms with Crippen LogP contribution in [0.15, 0.2) is 39.6 Å². The van der Waals surface area contributed by atoms with Crippen LogP contribution in [0.2, 0.25) is 0 Å². The molecule has 6 nitrogen and oxygen atoms in total. The predicted octanol–water partition coefficient (Wildman–Crippen LogP) is 2.52. The van der Waals surface area contributed by atoms with Gasteiger partial charge in [0.1, 0.15) is 10.7 Å². The van der Waals surface area contributed by atoms with E-state index in [1.165, 1.54) is 13.0 Å². The summed E-state index contributed by atoms with van der Waals surface area (Å²) in [5.41, 5.74) is 2.22. The summed E-state index contributed by atoms with van der Waals surface area (Å²) < 4.78 is 28.4. The molecule has 1 aromatic heterocycles. The van der Waals surface area contributed by atoms with Crippen LogP contribution in [0.4, 0.5) is 0 Å². The van der Waals surface area contributed by atoms with Crippen molar-refractivity contribution < 1.29 is 17.6 Å². The molecule has 1 atom stereocenters. The predicted molar refractivity (Wildman–Crippen MR) is 89.0 cm³/mol. The van der Waals surface area contributed by atoms with Gasteiger partial charge in [0, 0.05) is 12.6 Å². The number of aryl methyl sites for hydroxylation is 2. The lowest BCUT2D eigenvalue weighted by atomic mass is 10.0. The van der Waals surface area contributed by atoms with Crippen LogP contribution in [-0.4, -0.2) is 25.8 Å². The van der Waals surface area contributed by atoms with Gasteiger partial charge < -0.3 is 9.32 Å². The zero-order chi connectivity index (χ0) is 17.5. The first kappa shape index (κ1) is 16.7. The van der Waals surface area contributed by atoms with Gasteiger partial charge in [0.2, 0.25) is 10.0 Å². The molecule has 2 aromatic rings. The second-order valence-electron chi connectivity index (χ2n) is 6.15. The van der Waals surface area contributed by atoms with E-state index >= 15 is 0 Å². The monoisotopic (exact) mass is 348 g/mol. The molecule has 2 N–H and O–H groups in total. The third kappa shape index (κ3) is 3.09. The molecule has 3 rings (SSSR count). The average Bonchev–Trinajstić information content (AvgIpc) is 3.12. The number of amides is 1. The van der Waals surface area contributed by atoms with Crippen LogP contribution in [-0.2, 0) is 10.0 Å². The van der Waals surface area contributed by atoms with Gasteiger partial charge in [0.15, 0.2) is 5.76 Å². The van der Waals surface area contributed by atoms with Crippen molar-refractivity contribution in [3.8, 4) is 0 Å². The summed E-state index contributed by atoms with van der Waals surface area (Å²) in [5.74, 6) is -0.166. The molecule has 24 heavy (non-hydrogen) atoms. The molecule has 0 unspecified atom stereocenters. The second kappa shape index (κ2) is 6.07. The number of hydrogen-bond acceptors (Lipinski definition) is 4. The van der Waals surface area contributed by atoms with E-state index in [1.807, 2.05) is 25.1 Å². The zero-order valence-corrected chi connectivity index (χ0v) is 14.5. The SMILES string of the molecule is Cc1cccc([C@H]2CCCN2C(=O)c2cc(S(N)(=O)=O)c(C)o2)c1. The number of furan rings is 1. The lowest BCUT2D eigenvalue weighted by Crippen LogP contribution is -2.30. The molecule has 1 aromatic carbocycles. The molecule has 1 saturated heterocycles. The molecule has 128 valence electrons. The number of hydrogen-bond donors (Lipinski definition) is 1. The highest BCUT2D eigenvalue weighted by Crippen LogP contribution is 2.34. The molecule has 0 spiro atoms. The van der Waals surface area contributed by atoms with Crippen molar-refractivity contribution in [3.05, 3.63) is 53.0 Å². The summed E-state index contributed by atoms with van der Waals surface area (Å²) >= 11 is 0. The molecule has 0 saturated carbocycles. The van der Waals surface area contributed by atoms with Gasteiger partial charge in [-0.15, -0.1) is 0 Å². The molecule has 1 aliphatic rings. The number of nitrogens with two attached hydrogens (primary N) is 1. The van der Waals surface area contributed by atoms with Gasteiger partial charge in [0.05, 0.1) is 6.04 Å². The van der Waals surface area contributed by atoms with E-state index in [4.69, 9.17) is 9.56 Å². The Morgan fingerprint density at radius 1 is 1.29 bits per heavy atom. The minimum absolute atomic E-state index is 0.0103. The zero-order valence-electron chi connectivity index (χ0n) is 13.7. The van der Waals surface area contributed by atoms with Crippen molar-refractivity contribution in [3.63, 3.8) is 0 Å². The minimum Gasteiger partial charge on any atom is -0.455 e. The second-order valence-corrected chi connectivity index (χ2v) is 7.68. The highest BCUT2D eigenvalue weighted by atomic mass is 32.2. The molecule has 0 bridgehead atoms. The summed E-state index contributed by atoms with van der Waals surface area (Å²) in [6.07, 6.45) is 1.77. The van der Waals surface area contributed by atoms with Gasteiger partial charge in [-0.3, -0.25) is 4.79 Å². The van der Waals surface area contributed by atoms with Crippen LogP contribution in [0.3, 0.4) is 0 Å². The number of likely N-dealkylation sites (tertiary alicyclic amines) is 1. The van der Waals surface area contributed by atoms with Crippen molar-refractivity contribution >= 4 is 15.9 Å². The Balaban J connectivity index is 1.92. The Labute approximate surface area is 141 Å². The number of sulfonamides is 1. The van der Waals surface area contributed by atoms with Gasteiger partial charge in [-0.1, -0.05) is 29.8 Å². The van der Waals surface area contributed by atoms with E-state index in [0.717, 1.165) is 24.0 Å². The first-order chi connectivity index (χ1) is 11.3. The molecule has 0 aliphatic carbocycles. The third-order valence-electron chi connectivity index (χ3n) is 4.33. The van der Waals surface area contributed by atoms with E-state index in [0.29, 0.717) is 6.54 Å². The lowest BCUT2D eigenvalue weighted by Gasteiger charge is -2.24. The van der Waals surface area contributed by atoms with E-state index in [-0.39, 0.29) is 28.4 Å². The van der Waals surface area contributed by atoms with E-state index in [9.17, 15) is 13.2 Å².